The molecule has 0 aliphatic heterocycles. The van der Waals surface area contributed by atoms with Gasteiger partial charge in [-0.25, -0.2) is 10.5 Å². The minimum Gasteiger partial charge on any atom is -0.302 e. The van der Waals surface area contributed by atoms with Gasteiger partial charge in [-0.3, -0.25) is 14.9 Å². The summed E-state index contributed by atoms with van der Waals surface area (Å²) in [7, 11) is 0. The van der Waals surface area contributed by atoms with Crippen molar-refractivity contribution in [3.05, 3.63) is 66.0 Å². The second kappa shape index (κ2) is 9.10. The summed E-state index contributed by atoms with van der Waals surface area (Å²) in [6.07, 6.45) is 0.0801. The third-order valence-electron chi connectivity index (χ3n) is 4.56. The molecule has 0 saturated heterocycles. The minimum atomic E-state index is -4.30. The number of hydroxylamine groups is 1. The second-order valence-electron chi connectivity index (χ2n) is 6.69. The van der Waals surface area contributed by atoms with Gasteiger partial charge in [0.05, 0.1) is 17.9 Å². The number of fused-ring (bicyclic) bond motifs is 1. The molecule has 2 N–H and O–H groups in total. The van der Waals surface area contributed by atoms with Gasteiger partial charge in [0.15, 0.2) is 0 Å². The van der Waals surface area contributed by atoms with E-state index >= 15 is 0 Å². The van der Waals surface area contributed by atoms with Crippen LogP contribution in [-0.4, -0.2) is 44.7 Å². The Bertz CT molecular complexity index is 1050. The molecule has 2 aromatic heterocycles. The van der Waals surface area contributed by atoms with Gasteiger partial charge in [0.1, 0.15) is 5.65 Å². The number of hydrogen-bond acceptors (Lipinski definition) is 4. The Morgan fingerprint density at radius 3 is 2.63 bits per heavy atom. The average Bonchev–Trinajstić information content (AvgIpc) is 3.08. The molecule has 2 heterocycles. The highest BCUT2D eigenvalue weighted by Gasteiger charge is 2.31. The zero-order valence-corrected chi connectivity index (χ0v) is 16.2. The number of carbonyl (C=O) groups excluding carboxylic acids is 1. The van der Waals surface area contributed by atoms with Crippen molar-refractivity contribution in [1.82, 2.24) is 19.8 Å². The van der Waals surface area contributed by atoms with Crippen molar-refractivity contribution in [2.75, 3.05) is 13.1 Å². The lowest BCUT2D eigenvalue weighted by Crippen LogP contribution is -2.34. The Morgan fingerprint density at radius 2 is 2.00 bits per heavy atom. The normalized spacial score (nSPS) is 12.2. The van der Waals surface area contributed by atoms with E-state index in [2.05, 4.69) is 4.98 Å². The number of nitrogens with one attached hydrogen (secondary N) is 1. The van der Waals surface area contributed by atoms with Crippen LogP contribution in [0.5, 0.6) is 0 Å². The minimum absolute atomic E-state index is 0.0729. The Hall–Kier alpha value is -3.17. The molecule has 0 unspecified atom stereocenters. The van der Waals surface area contributed by atoms with Crippen LogP contribution in [-0.2, 0) is 11.3 Å². The number of amides is 1. The van der Waals surface area contributed by atoms with E-state index in [1.165, 1.54) is 16.5 Å². The first-order chi connectivity index (χ1) is 14.3. The van der Waals surface area contributed by atoms with Crippen molar-refractivity contribution >= 4 is 17.6 Å². The molecule has 0 bridgehead atoms. The smallest absolute Gasteiger partial charge is 0.302 e. The third-order valence-corrected chi connectivity index (χ3v) is 4.56. The van der Waals surface area contributed by atoms with E-state index in [1.807, 2.05) is 30.3 Å². The molecule has 1 amide bonds. The predicted molar refractivity (Wildman–Crippen MR) is 107 cm³/mol. The average molecular weight is 418 g/mol. The van der Waals surface area contributed by atoms with Crippen LogP contribution in [0.3, 0.4) is 0 Å². The van der Waals surface area contributed by atoms with Gasteiger partial charge in [0.25, 0.3) is 5.91 Å². The van der Waals surface area contributed by atoms with Crippen molar-refractivity contribution < 1.29 is 23.2 Å². The fourth-order valence-electron chi connectivity index (χ4n) is 3.15. The summed E-state index contributed by atoms with van der Waals surface area (Å²) in [5.74, 6) is -0.672. The maximum atomic E-state index is 13.0. The Labute approximate surface area is 171 Å². The van der Waals surface area contributed by atoms with Crippen LogP contribution in [0, 0.1) is 0 Å². The van der Waals surface area contributed by atoms with Crippen LogP contribution in [0.25, 0.3) is 23.0 Å². The molecule has 3 aromatic rings. The lowest BCUT2D eigenvalue weighted by molar-refractivity contribution is -0.146. The molecule has 0 saturated carbocycles. The number of alkyl halides is 3. The fraction of sp³-hybridized carbons (Fsp3) is 0.238. The standard InChI is InChI=1S/C21H21F3N4O2/c1-2-27(14-21(22,23)24)13-17-20(16-6-4-3-5-7-16)25-18-12-15(10-11-28(17)18)8-9-19(29)26-30/h3-12,30H,2,13-14H2,1H3,(H,26,29). The maximum Gasteiger partial charge on any atom is 0.401 e. The van der Waals surface area contributed by atoms with Crippen molar-refractivity contribution in [3.63, 3.8) is 0 Å². The van der Waals surface area contributed by atoms with Crippen LogP contribution in [0.4, 0.5) is 13.2 Å². The Morgan fingerprint density at radius 1 is 1.27 bits per heavy atom. The first-order valence-corrected chi connectivity index (χ1v) is 9.28. The van der Waals surface area contributed by atoms with Gasteiger partial charge < -0.3 is 4.40 Å². The Kier molecular flexibility index (Phi) is 6.53. The van der Waals surface area contributed by atoms with Gasteiger partial charge in [0, 0.05) is 24.4 Å². The van der Waals surface area contributed by atoms with Gasteiger partial charge in [-0.2, -0.15) is 13.2 Å². The lowest BCUT2D eigenvalue weighted by atomic mass is 10.1. The highest BCUT2D eigenvalue weighted by molar-refractivity contribution is 5.91. The molecule has 158 valence electrons. The van der Waals surface area contributed by atoms with Gasteiger partial charge in [-0.1, -0.05) is 37.3 Å². The quantitative estimate of drug-likeness (QED) is 0.347. The van der Waals surface area contributed by atoms with E-state index in [1.54, 1.807) is 29.7 Å². The molecule has 0 aliphatic rings. The van der Waals surface area contributed by atoms with E-state index in [4.69, 9.17) is 5.21 Å². The van der Waals surface area contributed by atoms with E-state index in [0.717, 1.165) is 11.6 Å². The van der Waals surface area contributed by atoms with E-state index in [0.29, 0.717) is 22.6 Å². The molecule has 9 heteroatoms. The summed E-state index contributed by atoms with van der Waals surface area (Å²) >= 11 is 0. The summed E-state index contributed by atoms with van der Waals surface area (Å²) in [5, 5.41) is 8.59. The van der Waals surface area contributed by atoms with Crippen molar-refractivity contribution in [3.8, 4) is 11.3 Å². The molecule has 0 fully saturated rings. The number of aromatic nitrogens is 2. The molecule has 0 aliphatic carbocycles. The number of nitrogens with zero attached hydrogens (tertiary/aromatic N) is 3. The van der Waals surface area contributed by atoms with Crippen LogP contribution < -0.4 is 5.48 Å². The lowest BCUT2D eigenvalue weighted by Gasteiger charge is -2.22. The number of imidazole rings is 1. The molecule has 0 spiro atoms. The van der Waals surface area contributed by atoms with E-state index in [9.17, 15) is 18.0 Å². The predicted octanol–water partition coefficient (Wildman–Crippen LogP) is 3.90. The topological polar surface area (TPSA) is 69.9 Å². The summed E-state index contributed by atoms with van der Waals surface area (Å²) in [6, 6.07) is 12.7. The highest BCUT2D eigenvalue weighted by atomic mass is 19.4. The van der Waals surface area contributed by atoms with E-state index < -0.39 is 18.6 Å². The van der Waals surface area contributed by atoms with Gasteiger partial charge >= 0.3 is 6.18 Å². The largest absolute Gasteiger partial charge is 0.401 e. The third kappa shape index (κ3) is 5.25. The molecular weight excluding hydrogens is 397 g/mol. The molecule has 0 radical (unpaired) electrons. The summed E-state index contributed by atoms with van der Waals surface area (Å²) in [6.45, 7) is 0.982. The van der Waals surface area contributed by atoms with Gasteiger partial charge in [-0.05, 0) is 30.3 Å². The number of rotatable bonds is 7. The number of hydrogen-bond donors (Lipinski definition) is 2. The first kappa shape index (κ1) is 21.5. The number of carbonyl (C=O) groups is 1. The Balaban J connectivity index is 2.06. The zero-order valence-electron chi connectivity index (χ0n) is 16.2. The SMILES string of the molecule is CCN(Cc1c(-c2ccccc2)nc2cc(C=CC(=O)NO)ccn12)CC(F)(F)F. The maximum absolute atomic E-state index is 13.0. The summed E-state index contributed by atoms with van der Waals surface area (Å²) in [4.78, 5) is 17.2. The first-order valence-electron chi connectivity index (χ1n) is 9.28. The van der Waals surface area contributed by atoms with Crippen LogP contribution in [0.1, 0.15) is 18.2 Å². The molecule has 3 rings (SSSR count). The van der Waals surface area contributed by atoms with Crippen molar-refractivity contribution in [2.24, 2.45) is 0 Å². The number of benzene rings is 1. The number of pyridine rings is 1. The fourth-order valence-corrected chi connectivity index (χ4v) is 3.15. The van der Waals surface area contributed by atoms with Gasteiger partial charge in [-0.15, -0.1) is 0 Å². The second-order valence-corrected chi connectivity index (χ2v) is 6.69. The van der Waals surface area contributed by atoms with Crippen LogP contribution in [0.2, 0.25) is 0 Å². The van der Waals surface area contributed by atoms with E-state index in [-0.39, 0.29) is 13.1 Å². The number of halogens is 3. The highest BCUT2D eigenvalue weighted by Crippen LogP contribution is 2.27. The van der Waals surface area contributed by atoms with Crippen molar-refractivity contribution in [1.29, 1.82) is 0 Å². The van der Waals surface area contributed by atoms with Crippen LogP contribution in [0.15, 0.2) is 54.7 Å². The van der Waals surface area contributed by atoms with Gasteiger partial charge in [0.2, 0.25) is 0 Å². The zero-order chi connectivity index (χ0) is 21.7. The monoisotopic (exact) mass is 418 g/mol. The molecule has 1 aromatic carbocycles. The molecule has 30 heavy (non-hydrogen) atoms. The van der Waals surface area contributed by atoms with Crippen molar-refractivity contribution in [2.45, 2.75) is 19.6 Å². The molecule has 0 atom stereocenters. The molecule has 6 nitrogen and oxygen atoms in total. The summed E-state index contributed by atoms with van der Waals surface area (Å²) < 4.78 is 40.7. The van der Waals surface area contributed by atoms with Crippen LogP contribution >= 0.6 is 0 Å². The summed E-state index contributed by atoms with van der Waals surface area (Å²) in [5.41, 5.74) is 4.76. The molecular formula is C21H21F3N4O2.